The van der Waals surface area contributed by atoms with Crippen LogP contribution in [0, 0.1) is 0 Å². The molecule has 0 N–H and O–H groups in total. The maximum Gasteiger partial charge on any atom is 5.00 e. The summed E-state index contributed by atoms with van der Waals surface area (Å²) < 4.78 is 0. The Labute approximate surface area is 106 Å². The normalized spacial score (nSPS) is 0. The number of rotatable bonds is 0. The molecule has 0 bridgehead atoms. The van der Waals surface area contributed by atoms with Gasteiger partial charge in [-0.3, -0.25) is 0 Å². The van der Waals surface area contributed by atoms with Crippen LogP contribution >= 0.6 is 19.8 Å². The fourth-order valence-electron chi connectivity index (χ4n) is 0. The molecule has 0 saturated heterocycles. The van der Waals surface area contributed by atoms with E-state index in [1.165, 1.54) is 0 Å². The van der Waals surface area contributed by atoms with E-state index in [1.54, 1.807) is 0 Å². The number of hydrogen-bond donors (Lipinski definition) is 0. The largest absolute Gasteiger partial charge is 5.00 e. The van der Waals surface area contributed by atoms with Gasteiger partial charge in [-0.25, -0.2) is 0 Å². The van der Waals surface area contributed by atoms with Gasteiger partial charge >= 0.3 is 37.1 Å². The standard InChI is InChI=1S/5O.2P.2Si.2V/q5*-2;;;;;2*+5. The first-order valence-corrected chi connectivity index (χ1v) is 0. The summed E-state index contributed by atoms with van der Waals surface area (Å²) in [6.07, 6.45) is 0. The van der Waals surface area contributed by atoms with Gasteiger partial charge in [0.2, 0.25) is 0 Å². The predicted molar refractivity (Wildman–Crippen MR) is 28.8 cm³/mol. The first kappa shape index (κ1) is 390. The molecular weight excluding hydrogens is 300 g/mol. The molecule has 0 aromatic carbocycles. The minimum absolute atomic E-state index is 0. The fourth-order valence-corrected chi connectivity index (χ4v) is 0. The van der Waals surface area contributed by atoms with Crippen molar-refractivity contribution in [3.05, 3.63) is 0 Å². The Balaban J connectivity index is 0. The molecule has 0 fully saturated rings. The molecule has 0 unspecified atom stereocenters. The van der Waals surface area contributed by atoms with Crippen molar-refractivity contribution in [3.8, 4) is 0 Å². The third-order valence-corrected chi connectivity index (χ3v) is 0. The van der Waals surface area contributed by atoms with Crippen molar-refractivity contribution in [2.24, 2.45) is 0 Å². The van der Waals surface area contributed by atoms with Crippen LogP contribution in [0.15, 0.2) is 0 Å². The van der Waals surface area contributed by atoms with Crippen LogP contribution in [0.5, 0.6) is 0 Å². The summed E-state index contributed by atoms with van der Waals surface area (Å²) in [5.74, 6) is 0. The minimum Gasteiger partial charge on any atom is -2.00 e. The van der Waals surface area contributed by atoms with Crippen LogP contribution in [0.25, 0.3) is 0 Å². The van der Waals surface area contributed by atoms with Crippen molar-refractivity contribution in [1.29, 1.82) is 0 Å². The third kappa shape index (κ3) is 252. The van der Waals surface area contributed by atoms with Crippen LogP contribution in [0.1, 0.15) is 0 Å². The van der Waals surface area contributed by atoms with E-state index in [4.69, 9.17) is 0 Å². The molecule has 0 aromatic heterocycles. The van der Waals surface area contributed by atoms with Gasteiger partial charge in [-0.15, -0.1) is 0 Å². The smallest absolute Gasteiger partial charge is 2.00 e. The Bertz CT molecular complexity index is 20.4. The summed E-state index contributed by atoms with van der Waals surface area (Å²) >= 11 is 0. The second kappa shape index (κ2) is 304. The molecule has 58 valence electrons. The summed E-state index contributed by atoms with van der Waals surface area (Å²) in [6.45, 7) is 0. The van der Waals surface area contributed by atoms with E-state index in [9.17, 15) is 0 Å². The van der Waals surface area contributed by atoms with Gasteiger partial charge in [0.15, 0.2) is 0 Å². The summed E-state index contributed by atoms with van der Waals surface area (Å²) in [5.41, 5.74) is 0. The van der Waals surface area contributed by atoms with Crippen molar-refractivity contribution in [1.82, 2.24) is 0 Å². The van der Waals surface area contributed by atoms with Gasteiger partial charge in [0.05, 0.1) is 0 Å². The van der Waals surface area contributed by atoms with E-state index in [-0.39, 0.29) is 106 Å². The summed E-state index contributed by atoms with van der Waals surface area (Å²) in [5, 5.41) is 0. The number of hydrogen-bond acceptors (Lipinski definition) is 0. The molecule has 14 radical (unpaired) electrons. The molecule has 5 nitrogen and oxygen atoms in total. The molecule has 0 aromatic rings. The monoisotopic (exact) mass is 300 g/mol. The van der Waals surface area contributed by atoms with Crippen LogP contribution < -0.4 is 0 Å². The van der Waals surface area contributed by atoms with Gasteiger partial charge in [0.25, 0.3) is 0 Å². The fraction of sp³-hybridized carbons (Fsp3) is 0. The van der Waals surface area contributed by atoms with Crippen LogP contribution in [0.2, 0.25) is 0 Å². The Kier molecular flexibility index (Phi) is 10800. The summed E-state index contributed by atoms with van der Waals surface area (Å²) in [4.78, 5) is 0. The van der Waals surface area contributed by atoms with E-state index >= 15 is 0 Å². The van der Waals surface area contributed by atoms with Crippen LogP contribution in [-0.4, -0.2) is 21.9 Å². The Morgan fingerprint density at radius 3 is 0.364 bits per heavy atom. The molecule has 11 heteroatoms. The average Bonchev–Trinajstić information content (AvgIpc) is 0. The van der Waals surface area contributed by atoms with E-state index in [1.807, 2.05) is 0 Å². The molecule has 11 heavy (non-hydrogen) atoms. The first-order valence-electron chi connectivity index (χ1n) is 0. The van der Waals surface area contributed by atoms with Crippen molar-refractivity contribution in [3.63, 3.8) is 0 Å². The Hall–Kier alpha value is 2.26. The zero-order valence-electron chi connectivity index (χ0n) is 4.83. The molecular formula is O5P2Si2V2. The Morgan fingerprint density at radius 1 is 0.364 bits per heavy atom. The maximum atomic E-state index is 0. The summed E-state index contributed by atoms with van der Waals surface area (Å²) in [6, 6.07) is 0. The van der Waals surface area contributed by atoms with Crippen LogP contribution in [0.4, 0.5) is 0 Å². The Morgan fingerprint density at radius 2 is 0.364 bits per heavy atom. The molecule has 0 rings (SSSR count). The second-order valence-corrected chi connectivity index (χ2v) is 0. The van der Waals surface area contributed by atoms with Gasteiger partial charge in [-0.05, 0) is 0 Å². The second-order valence-electron chi connectivity index (χ2n) is 0. The average molecular weight is 300 g/mol. The molecule has 0 aliphatic carbocycles. The third-order valence-electron chi connectivity index (χ3n) is 0. The molecule has 0 aliphatic rings. The SMILES string of the molecule is [O-2].[O-2].[O-2].[O-2].[O-2].[P].[P].[Si].[Si].[V+5].[V+5]. The van der Waals surface area contributed by atoms with Gasteiger partial charge < -0.3 is 27.4 Å². The van der Waals surface area contributed by atoms with Gasteiger partial charge in [0.1, 0.15) is 0 Å². The van der Waals surface area contributed by atoms with E-state index < -0.39 is 0 Å². The minimum atomic E-state index is 0. The van der Waals surface area contributed by atoms with Gasteiger partial charge in [0, 0.05) is 41.7 Å². The zero-order valence-corrected chi connectivity index (χ0v) is 11.4. The van der Waals surface area contributed by atoms with Crippen LogP contribution in [0.3, 0.4) is 0 Å². The molecule has 0 spiro atoms. The molecule has 0 saturated carbocycles. The van der Waals surface area contributed by atoms with Crippen molar-refractivity contribution in [2.45, 2.75) is 0 Å². The summed E-state index contributed by atoms with van der Waals surface area (Å²) in [7, 11) is 0. The quantitative estimate of drug-likeness (QED) is 0.449. The zero-order chi connectivity index (χ0) is 0. The van der Waals surface area contributed by atoms with E-state index in [0.29, 0.717) is 0 Å². The van der Waals surface area contributed by atoms with Gasteiger partial charge in [-0.2, -0.15) is 0 Å². The van der Waals surface area contributed by atoms with Crippen molar-refractivity contribution in [2.75, 3.05) is 0 Å². The molecule has 0 atom stereocenters. The molecule has 0 amide bonds. The van der Waals surface area contributed by atoms with Gasteiger partial charge in [-0.1, -0.05) is 0 Å². The van der Waals surface area contributed by atoms with Crippen LogP contribution in [-0.2, 0) is 64.5 Å². The topological polar surface area (TPSA) is 142 Å². The maximum absolute atomic E-state index is 0. The molecule has 0 aliphatic heterocycles. The molecule has 0 heterocycles. The van der Waals surface area contributed by atoms with E-state index in [0.717, 1.165) is 0 Å². The van der Waals surface area contributed by atoms with Crippen molar-refractivity contribution < 1.29 is 64.5 Å². The predicted octanol–water partition coefficient (Wildman–Crippen LogP) is 0.362. The first-order chi connectivity index (χ1) is 0. The van der Waals surface area contributed by atoms with Crippen molar-refractivity contribution >= 4 is 41.7 Å². The van der Waals surface area contributed by atoms with E-state index in [2.05, 4.69) is 0 Å².